The summed E-state index contributed by atoms with van der Waals surface area (Å²) < 4.78 is 39.9. The normalized spacial score (nSPS) is 21.1. The summed E-state index contributed by atoms with van der Waals surface area (Å²) in [7, 11) is 1.35. The van der Waals surface area contributed by atoms with E-state index in [9.17, 15) is 4.79 Å². The SMILES string of the molecule is C=CC[C@@]1(C(=NCc2ccccc2)C(=O)OC)OC(COCc2ccccc2)[C@@H](OCc2ccccc2)C(OCc2ccccc2)C1OCc1ccccc1. The molecule has 5 aromatic carbocycles. The van der Waals surface area contributed by atoms with Crippen LogP contribution in [-0.4, -0.2) is 55.4 Å². The van der Waals surface area contributed by atoms with Gasteiger partial charge in [0, 0.05) is 6.42 Å². The number of hydrogen-bond acceptors (Lipinski definition) is 8. The Bertz CT molecular complexity index is 1910. The van der Waals surface area contributed by atoms with Crippen LogP contribution in [0, 0.1) is 0 Å². The maximum absolute atomic E-state index is 14.1. The lowest BCUT2D eigenvalue weighted by Gasteiger charge is -2.52. The van der Waals surface area contributed by atoms with Crippen LogP contribution in [-0.2, 0) is 66.2 Å². The van der Waals surface area contributed by atoms with E-state index in [2.05, 4.69) is 6.58 Å². The van der Waals surface area contributed by atoms with Gasteiger partial charge in [0.2, 0.25) is 0 Å². The van der Waals surface area contributed by atoms with Gasteiger partial charge in [-0.3, -0.25) is 4.99 Å². The molecule has 0 aromatic heterocycles. The van der Waals surface area contributed by atoms with Crippen molar-refractivity contribution in [3.8, 4) is 0 Å². The van der Waals surface area contributed by atoms with Crippen molar-refractivity contribution < 1.29 is 33.2 Å². The fourth-order valence-corrected chi connectivity index (χ4v) is 6.84. The second kappa shape index (κ2) is 20.5. The summed E-state index contributed by atoms with van der Waals surface area (Å²) in [5, 5.41) is 0. The molecule has 5 aromatic rings. The van der Waals surface area contributed by atoms with Crippen molar-refractivity contribution in [1.29, 1.82) is 0 Å². The van der Waals surface area contributed by atoms with Crippen LogP contribution in [0.3, 0.4) is 0 Å². The van der Waals surface area contributed by atoms with Gasteiger partial charge in [-0.2, -0.15) is 0 Å². The van der Waals surface area contributed by atoms with E-state index < -0.39 is 36.0 Å². The van der Waals surface area contributed by atoms with E-state index in [0.29, 0.717) is 6.61 Å². The van der Waals surface area contributed by atoms with Crippen molar-refractivity contribution in [3.05, 3.63) is 192 Å². The molecule has 0 aliphatic carbocycles. The fourth-order valence-electron chi connectivity index (χ4n) is 6.84. The smallest absolute Gasteiger partial charge is 0.355 e. The Labute approximate surface area is 324 Å². The molecule has 0 bridgehead atoms. The van der Waals surface area contributed by atoms with Crippen LogP contribution in [0.25, 0.3) is 0 Å². The minimum Gasteiger partial charge on any atom is -0.464 e. The Hall–Kier alpha value is -5.22. The molecule has 6 rings (SSSR count). The van der Waals surface area contributed by atoms with Gasteiger partial charge in [-0.25, -0.2) is 4.79 Å². The van der Waals surface area contributed by atoms with E-state index >= 15 is 0 Å². The molecule has 5 atom stereocenters. The van der Waals surface area contributed by atoms with Gasteiger partial charge in [0.15, 0.2) is 5.71 Å². The zero-order valence-corrected chi connectivity index (χ0v) is 31.3. The lowest BCUT2D eigenvalue weighted by atomic mass is 9.78. The molecule has 1 aliphatic heterocycles. The summed E-state index contributed by atoms with van der Waals surface area (Å²) in [6.45, 7) is 5.53. The van der Waals surface area contributed by atoms with Crippen molar-refractivity contribution in [1.82, 2.24) is 0 Å². The zero-order valence-electron chi connectivity index (χ0n) is 31.3. The highest BCUT2D eigenvalue weighted by Gasteiger charge is 2.60. The van der Waals surface area contributed by atoms with Gasteiger partial charge < -0.3 is 28.4 Å². The fraction of sp³-hybridized carbons (Fsp3) is 0.277. The van der Waals surface area contributed by atoms with Gasteiger partial charge in [-0.1, -0.05) is 158 Å². The number of aliphatic imine (C=N–C) groups is 1. The van der Waals surface area contributed by atoms with Crippen molar-refractivity contribution in [2.24, 2.45) is 4.99 Å². The maximum Gasteiger partial charge on any atom is 0.355 e. The van der Waals surface area contributed by atoms with Crippen LogP contribution in [0.2, 0.25) is 0 Å². The Kier molecular flexibility index (Phi) is 14.7. The second-order valence-corrected chi connectivity index (χ2v) is 13.4. The van der Waals surface area contributed by atoms with Gasteiger partial charge in [-0.05, 0) is 27.8 Å². The highest BCUT2D eigenvalue weighted by atomic mass is 16.6. The van der Waals surface area contributed by atoms with Gasteiger partial charge in [-0.15, -0.1) is 6.58 Å². The molecule has 0 N–H and O–H groups in total. The first-order valence-corrected chi connectivity index (χ1v) is 18.6. The molecule has 1 heterocycles. The molecule has 8 heteroatoms. The summed E-state index contributed by atoms with van der Waals surface area (Å²) in [5.41, 5.74) is 3.37. The van der Waals surface area contributed by atoms with Crippen molar-refractivity contribution in [2.45, 2.75) is 69.4 Å². The number of esters is 1. The molecular weight excluding hydrogens is 691 g/mol. The van der Waals surface area contributed by atoms with Crippen LogP contribution in [0.15, 0.2) is 169 Å². The van der Waals surface area contributed by atoms with E-state index in [1.54, 1.807) is 6.08 Å². The molecule has 0 saturated carbocycles. The number of carbonyl (C=O) groups is 1. The van der Waals surface area contributed by atoms with Gasteiger partial charge in [0.1, 0.15) is 30.0 Å². The van der Waals surface area contributed by atoms with E-state index in [1.165, 1.54) is 7.11 Å². The summed E-state index contributed by atoms with van der Waals surface area (Å²) in [5.74, 6) is -0.638. The number of methoxy groups -OCH3 is 1. The number of rotatable bonds is 19. The van der Waals surface area contributed by atoms with Gasteiger partial charge >= 0.3 is 5.97 Å². The number of ether oxygens (including phenoxy) is 6. The van der Waals surface area contributed by atoms with Crippen LogP contribution in [0.5, 0.6) is 0 Å². The molecule has 1 aliphatic rings. The van der Waals surface area contributed by atoms with E-state index in [-0.39, 0.29) is 45.1 Å². The number of hydrogen-bond donors (Lipinski definition) is 0. The third-order valence-corrected chi connectivity index (χ3v) is 9.54. The second-order valence-electron chi connectivity index (χ2n) is 13.4. The van der Waals surface area contributed by atoms with Crippen LogP contribution >= 0.6 is 0 Å². The zero-order chi connectivity index (χ0) is 38.1. The predicted molar refractivity (Wildman–Crippen MR) is 213 cm³/mol. The first-order chi connectivity index (χ1) is 27.1. The Morgan fingerprint density at radius 2 is 1.07 bits per heavy atom. The van der Waals surface area contributed by atoms with Crippen LogP contribution in [0.4, 0.5) is 0 Å². The Morgan fingerprint density at radius 1 is 0.636 bits per heavy atom. The average Bonchev–Trinajstić information content (AvgIpc) is 3.24. The average molecular weight is 740 g/mol. The highest BCUT2D eigenvalue weighted by Crippen LogP contribution is 2.41. The third-order valence-electron chi connectivity index (χ3n) is 9.54. The minimum absolute atomic E-state index is 0.0692. The standard InChI is InChI=1S/C47H49NO7/c1-3-29-47(44(46(49)50-2)48-30-36-19-9-4-10-20-36)45(54-34-40-27-17-8-18-28-40)43(53-33-39-25-15-7-16-26-39)42(52-32-38-23-13-6-14-24-38)41(55-47)35-51-31-37-21-11-5-12-22-37/h3-28,41-43,45H,1,29-35H2,2H3/t41?,42-,43?,45?,47+/m1/s1. The van der Waals surface area contributed by atoms with Crippen molar-refractivity contribution in [2.75, 3.05) is 13.7 Å². The molecule has 0 amide bonds. The van der Waals surface area contributed by atoms with Gasteiger partial charge in [0.25, 0.3) is 0 Å². The largest absolute Gasteiger partial charge is 0.464 e. The Balaban J connectivity index is 1.47. The molecular formula is C47H49NO7. The predicted octanol–water partition coefficient (Wildman–Crippen LogP) is 8.49. The number of benzene rings is 5. The third kappa shape index (κ3) is 10.7. The molecule has 1 saturated heterocycles. The summed E-state index contributed by atoms with van der Waals surface area (Å²) >= 11 is 0. The van der Waals surface area contributed by atoms with Crippen LogP contribution < -0.4 is 0 Å². The van der Waals surface area contributed by atoms with E-state index in [0.717, 1.165) is 27.8 Å². The Morgan fingerprint density at radius 3 is 1.55 bits per heavy atom. The topological polar surface area (TPSA) is 84.8 Å². The van der Waals surface area contributed by atoms with Crippen LogP contribution in [0.1, 0.15) is 34.2 Å². The summed E-state index contributed by atoms with van der Waals surface area (Å²) in [6.07, 6.45) is -1.27. The molecule has 0 spiro atoms. The molecule has 3 unspecified atom stereocenters. The lowest BCUT2D eigenvalue weighted by Crippen LogP contribution is -2.70. The summed E-state index contributed by atoms with van der Waals surface area (Å²) in [6, 6.07) is 49.5. The quantitative estimate of drug-likeness (QED) is 0.0477. The van der Waals surface area contributed by atoms with Crippen molar-refractivity contribution >= 4 is 11.7 Å². The van der Waals surface area contributed by atoms with Crippen molar-refractivity contribution in [3.63, 3.8) is 0 Å². The summed E-state index contributed by atoms with van der Waals surface area (Å²) in [4.78, 5) is 19.1. The molecule has 1 fully saturated rings. The molecule has 8 nitrogen and oxygen atoms in total. The lowest BCUT2D eigenvalue weighted by molar-refractivity contribution is -0.289. The van der Waals surface area contributed by atoms with E-state index in [1.807, 2.05) is 152 Å². The minimum atomic E-state index is -1.52. The monoisotopic (exact) mass is 739 g/mol. The molecule has 284 valence electrons. The number of nitrogens with zero attached hydrogens (tertiary/aromatic N) is 1. The highest BCUT2D eigenvalue weighted by molar-refractivity contribution is 6.40. The first-order valence-electron chi connectivity index (χ1n) is 18.6. The first kappa shape index (κ1) is 39.5. The van der Waals surface area contributed by atoms with E-state index in [4.69, 9.17) is 33.4 Å². The molecule has 0 radical (unpaired) electrons. The van der Waals surface area contributed by atoms with Gasteiger partial charge in [0.05, 0.1) is 46.7 Å². The number of carbonyl (C=O) groups excluding carboxylic acids is 1. The molecule has 55 heavy (non-hydrogen) atoms. The maximum atomic E-state index is 14.1.